The summed E-state index contributed by atoms with van der Waals surface area (Å²) in [5, 5.41) is 11.1. The van der Waals surface area contributed by atoms with E-state index in [1.807, 2.05) is 0 Å². The van der Waals surface area contributed by atoms with Gasteiger partial charge in [-0.1, -0.05) is 24.5 Å². The number of aliphatic hydroxyl groups excluding tert-OH is 1. The van der Waals surface area contributed by atoms with Gasteiger partial charge in [-0.25, -0.2) is 43.4 Å². The highest BCUT2D eigenvalue weighted by Gasteiger charge is 2.54. The predicted octanol–water partition coefficient (Wildman–Crippen LogP) is 1.22. The number of thiol groups is 2. The normalized spacial score (nSPS) is 38.3. The number of imidazole rings is 2. The number of nitrogens with zero attached hydrogens (tertiary/aromatic N) is 8. The first kappa shape index (κ1) is 30.2. The highest BCUT2D eigenvalue weighted by atomic mass is 32.7. The van der Waals surface area contributed by atoms with Crippen LogP contribution in [0.3, 0.4) is 0 Å². The van der Waals surface area contributed by atoms with E-state index in [-0.39, 0.29) is 34.0 Å². The van der Waals surface area contributed by atoms with Crippen LogP contribution < -0.4 is 11.5 Å². The van der Waals surface area contributed by atoms with Crippen molar-refractivity contribution in [2.75, 3.05) is 24.7 Å². The van der Waals surface area contributed by atoms with Crippen molar-refractivity contribution in [2.24, 2.45) is 0 Å². The summed E-state index contributed by atoms with van der Waals surface area (Å²) in [4.78, 5) is 24.3. The maximum atomic E-state index is 16.0. The molecule has 0 aromatic carbocycles. The minimum atomic E-state index is -4.36. The fraction of sp³-hybridized carbons (Fsp3) is 0.500. The smallest absolute Gasteiger partial charge is 0.386 e. The first-order chi connectivity index (χ1) is 20.9. The number of rotatable bonds is 2. The van der Waals surface area contributed by atoms with E-state index in [0.29, 0.717) is 0 Å². The molecule has 3 aliphatic rings. The monoisotopic (exact) mass is 692 g/mol. The van der Waals surface area contributed by atoms with Gasteiger partial charge in [0.25, 0.3) is 0 Å². The molecule has 236 valence electrons. The zero-order valence-electron chi connectivity index (χ0n) is 22.0. The Labute approximate surface area is 256 Å². The van der Waals surface area contributed by atoms with Crippen LogP contribution >= 0.6 is 38.1 Å². The van der Waals surface area contributed by atoms with Crippen molar-refractivity contribution in [1.29, 1.82) is 0 Å². The summed E-state index contributed by atoms with van der Waals surface area (Å²) in [6.45, 7) is -9.91. The maximum Gasteiger partial charge on any atom is 0.386 e. The number of ether oxygens (including phenoxy) is 2. The van der Waals surface area contributed by atoms with Gasteiger partial charge in [-0.05, 0) is 0 Å². The molecular weight excluding hydrogens is 669 g/mol. The lowest BCUT2D eigenvalue weighted by Crippen LogP contribution is -2.35. The summed E-state index contributed by atoms with van der Waals surface area (Å²) in [5.74, 6) is 0.140. The van der Waals surface area contributed by atoms with E-state index in [9.17, 15) is 14.2 Å². The van der Waals surface area contributed by atoms with Gasteiger partial charge < -0.3 is 26.0 Å². The number of alkyl halides is 1. The summed E-state index contributed by atoms with van der Waals surface area (Å²) < 4.78 is 79.4. The molecule has 24 heteroatoms. The Bertz CT molecular complexity index is 1840. The standard InChI is InChI=1S/C20H23FN10O9P2S2/c21-9-13-8(38-19(9)30-5-28-10-15(22)24-3-26-17(10)30)2-36-42(34,44)40-14-12(32)7(1-35-41(33,43)39-13)37-20(14)31-6-29-11-16(23)25-4-27-18(11)31/h3-9,12-14,19-20,32H,1-2H2,(H,33,43)(H,34,44)(H2,22,24,26)(H2,23,25,27)/t7-,8-,9-,12-,13-,14-,19-,20-,41?,42-/m1/s1. The molecule has 3 fully saturated rings. The van der Waals surface area contributed by atoms with Gasteiger partial charge in [-0.2, -0.15) is 0 Å². The largest absolute Gasteiger partial charge is 0.387 e. The number of fused-ring (bicyclic) bond motifs is 5. The molecule has 7 rings (SSSR count). The Hall–Kier alpha value is -2.49. The van der Waals surface area contributed by atoms with Gasteiger partial charge in [-0.3, -0.25) is 27.2 Å². The fourth-order valence-electron chi connectivity index (χ4n) is 5.19. The van der Waals surface area contributed by atoms with Crippen molar-refractivity contribution < 1.29 is 46.2 Å². The molecule has 0 aliphatic carbocycles. The van der Waals surface area contributed by atoms with Crippen molar-refractivity contribution in [3.63, 3.8) is 0 Å². The molecule has 0 radical (unpaired) electrons. The van der Waals surface area contributed by atoms with E-state index >= 15 is 4.39 Å². The highest BCUT2D eigenvalue weighted by Crippen LogP contribution is 2.60. The molecule has 3 aliphatic heterocycles. The lowest BCUT2D eigenvalue weighted by molar-refractivity contribution is -0.0568. The summed E-state index contributed by atoms with van der Waals surface area (Å²) in [6.07, 6.45) is -6.89. The predicted molar refractivity (Wildman–Crippen MR) is 153 cm³/mol. The second-order valence-corrected chi connectivity index (χ2v) is 15.7. The zero-order chi connectivity index (χ0) is 31.0. The van der Waals surface area contributed by atoms with E-state index in [1.165, 1.54) is 34.4 Å². The van der Waals surface area contributed by atoms with E-state index in [4.69, 9.17) is 39.0 Å². The number of hydrogen-bond donors (Lipinski definition) is 5. The third-order valence-electron chi connectivity index (χ3n) is 7.22. The molecule has 3 saturated heterocycles. The van der Waals surface area contributed by atoms with Gasteiger partial charge in [0.15, 0.2) is 41.6 Å². The van der Waals surface area contributed by atoms with Crippen molar-refractivity contribution in [3.05, 3.63) is 25.3 Å². The third-order valence-corrected chi connectivity index (χ3v) is 10.4. The summed E-state index contributed by atoms with van der Waals surface area (Å²) in [7, 11) is 0. The summed E-state index contributed by atoms with van der Waals surface area (Å²) >= 11 is 8.08. The Balaban J connectivity index is 1.20. The number of nitrogen functional groups attached to an aromatic ring is 2. The highest BCUT2D eigenvalue weighted by molar-refractivity contribution is 8.44. The molecule has 0 amide bonds. The van der Waals surface area contributed by atoms with Crippen molar-refractivity contribution in [3.8, 4) is 0 Å². The van der Waals surface area contributed by atoms with Gasteiger partial charge >= 0.3 is 13.6 Å². The van der Waals surface area contributed by atoms with E-state index < -0.39 is 76.0 Å². The minimum absolute atomic E-state index is 0.0580. The number of aromatic nitrogens is 8. The quantitative estimate of drug-likeness (QED) is 0.146. The topological polar surface area (TPSA) is 249 Å². The molecule has 7 heterocycles. The lowest BCUT2D eigenvalue weighted by Gasteiger charge is -2.26. The Kier molecular flexibility index (Phi) is 7.61. The van der Waals surface area contributed by atoms with Crippen LogP contribution in [0.15, 0.2) is 25.3 Å². The zero-order valence-corrected chi connectivity index (χ0v) is 25.5. The van der Waals surface area contributed by atoms with Crippen LogP contribution in [0, 0.1) is 0 Å². The Morgan fingerprint density at radius 3 is 1.89 bits per heavy atom. The van der Waals surface area contributed by atoms with Gasteiger partial charge in [-0.15, -0.1) is 0 Å². The van der Waals surface area contributed by atoms with Crippen LogP contribution in [0.1, 0.15) is 12.5 Å². The second-order valence-electron chi connectivity index (χ2n) is 9.90. The van der Waals surface area contributed by atoms with Crippen LogP contribution in [0.4, 0.5) is 16.0 Å². The first-order valence-corrected chi connectivity index (χ1v) is 18.1. The van der Waals surface area contributed by atoms with Crippen LogP contribution in [0.5, 0.6) is 0 Å². The van der Waals surface area contributed by atoms with E-state index in [0.717, 1.165) is 0 Å². The third kappa shape index (κ3) is 5.26. The van der Waals surface area contributed by atoms with Crippen LogP contribution in [-0.2, 0) is 36.7 Å². The second kappa shape index (κ2) is 11.1. The maximum absolute atomic E-state index is 16.0. The van der Waals surface area contributed by atoms with Crippen LogP contribution in [0.25, 0.3) is 22.3 Å². The number of nitrogens with two attached hydrogens (primary N) is 2. The van der Waals surface area contributed by atoms with E-state index in [1.54, 1.807) is 0 Å². The summed E-state index contributed by atoms with van der Waals surface area (Å²) in [6, 6.07) is 0. The molecule has 44 heavy (non-hydrogen) atoms. The molecular formula is C20H23FN10O9P2S2. The molecule has 10 atom stereocenters. The molecule has 19 nitrogen and oxygen atoms in total. The molecule has 0 spiro atoms. The molecule has 2 bridgehead atoms. The Morgan fingerprint density at radius 1 is 0.795 bits per heavy atom. The molecule has 0 saturated carbocycles. The lowest BCUT2D eigenvalue weighted by atomic mass is 10.1. The number of aliphatic hydroxyl groups is 1. The van der Waals surface area contributed by atoms with Gasteiger partial charge in [0.2, 0.25) is 0 Å². The van der Waals surface area contributed by atoms with Crippen molar-refractivity contribution in [2.45, 2.75) is 49.1 Å². The van der Waals surface area contributed by atoms with Gasteiger partial charge in [0.05, 0.1) is 25.9 Å². The average Bonchev–Trinajstić information content (AvgIpc) is 3.73. The van der Waals surface area contributed by atoms with Crippen LogP contribution in [0.2, 0.25) is 0 Å². The van der Waals surface area contributed by atoms with Gasteiger partial charge in [0, 0.05) is 0 Å². The number of hydrogen-bond acceptors (Lipinski definition) is 17. The average molecular weight is 693 g/mol. The minimum Gasteiger partial charge on any atom is -0.387 e. The fourth-order valence-corrected chi connectivity index (χ4v) is 8.13. The molecule has 5 N–H and O–H groups in total. The van der Waals surface area contributed by atoms with Crippen LogP contribution in [-0.4, -0.2) is 94.0 Å². The molecule has 1 unspecified atom stereocenters. The summed E-state index contributed by atoms with van der Waals surface area (Å²) in [5.41, 5.74) is 12.5. The Morgan fingerprint density at radius 2 is 1.30 bits per heavy atom. The number of anilines is 2. The first-order valence-electron chi connectivity index (χ1n) is 12.7. The van der Waals surface area contributed by atoms with Crippen molar-refractivity contribution >= 4 is 72.1 Å². The van der Waals surface area contributed by atoms with E-state index in [2.05, 4.69) is 54.4 Å². The SMILES string of the molecule is Nc1ncnc2c1ncn2[C@@H]1O[C@@H]2CO[P@@](=O)(S)O[C@@H]3[C@H](O)[C@@H](COP(=O)(S)O[C@H]2[C@H]1F)O[C@H]3n1cnc2c(N)ncnc21. The number of halogens is 1. The molecule has 4 aromatic heterocycles. The van der Waals surface area contributed by atoms with Gasteiger partial charge in [0.1, 0.15) is 54.2 Å². The van der Waals surface area contributed by atoms with Crippen molar-refractivity contribution in [1.82, 2.24) is 39.0 Å². The molecule has 4 aromatic rings.